The average molecular weight is 330 g/mol. The Balaban J connectivity index is 2.14. The molecule has 0 saturated heterocycles. The predicted molar refractivity (Wildman–Crippen MR) is 95.7 cm³/mol. The lowest BCUT2D eigenvalue weighted by molar-refractivity contribution is 0.443. The van der Waals surface area contributed by atoms with Crippen molar-refractivity contribution in [2.45, 2.75) is 0 Å². The molecule has 0 saturated carbocycles. The van der Waals surface area contributed by atoms with Crippen LogP contribution in [0.1, 0.15) is 0 Å². The van der Waals surface area contributed by atoms with Crippen molar-refractivity contribution in [3.05, 3.63) is 83.2 Å². The van der Waals surface area contributed by atoms with Crippen LogP contribution < -0.4 is 5.56 Å². The van der Waals surface area contributed by atoms with Crippen LogP contribution in [0.4, 0.5) is 0 Å². The Morgan fingerprint density at radius 3 is 2.20 bits per heavy atom. The Hall–Kier alpha value is -3.60. The number of benzene rings is 2. The molecule has 5 heteroatoms. The molecule has 0 spiro atoms. The van der Waals surface area contributed by atoms with Crippen LogP contribution in [0.3, 0.4) is 0 Å². The molecule has 0 aliphatic carbocycles. The maximum absolute atomic E-state index is 13.1. The average Bonchev–Trinajstić information content (AvgIpc) is 2.63. The first-order chi connectivity index (χ1) is 12.1. The van der Waals surface area contributed by atoms with Gasteiger partial charge in [0.25, 0.3) is 5.56 Å². The Morgan fingerprint density at radius 1 is 0.760 bits per heavy atom. The second kappa shape index (κ2) is 5.79. The summed E-state index contributed by atoms with van der Waals surface area (Å²) in [6.07, 6.45) is 0. The first-order valence-corrected chi connectivity index (χ1v) is 7.75. The molecule has 2 N–H and O–H groups in total. The molecule has 2 heterocycles. The van der Waals surface area contributed by atoms with Crippen molar-refractivity contribution in [1.29, 1.82) is 0 Å². The molecule has 4 aromatic rings. The van der Waals surface area contributed by atoms with Crippen LogP contribution in [0.15, 0.2) is 77.6 Å². The zero-order chi connectivity index (χ0) is 17.4. The van der Waals surface area contributed by atoms with Gasteiger partial charge in [0.15, 0.2) is 5.88 Å². The van der Waals surface area contributed by atoms with Crippen LogP contribution in [0.2, 0.25) is 0 Å². The summed E-state index contributed by atoms with van der Waals surface area (Å²) >= 11 is 0. The molecule has 0 aliphatic heterocycles. The van der Waals surface area contributed by atoms with E-state index in [2.05, 4.69) is 4.98 Å². The third-order valence-corrected chi connectivity index (χ3v) is 4.03. The fraction of sp³-hybridized carbons (Fsp3) is 0. The van der Waals surface area contributed by atoms with E-state index in [4.69, 9.17) is 0 Å². The lowest BCUT2D eigenvalue weighted by Gasteiger charge is -2.12. The quantitative estimate of drug-likeness (QED) is 0.590. The topological polar surface area (TPSA) is 74.8 Å². The van der Waals surface area contributed by atoms with Gasteiger partial charge in [-0.3, -0.25) is 4.79 Å². The van der Waals surface area contributed by atoms with Crippen molar-refractivity contribution < 1.29 is 10.2 Å². The van der Waals surface area contributed by atoms with Gasteiger partial charge in [-0.2, -0.15) is 0 Å². The normalized spacial score (nSPS) is 10.9. The molecule has 2 aromatic carbocycles. The van der Waals surface area contributed by atoms with Crippen molar-refractivity contribution in [1.82, 2.24) is 9.38 Å². The Morgan fingerprint density at radius 2 is 1.48 bits per heavy atom. The lowest BCUT2D eigenvalue weighted by atomic mass is 10.00. The lowest BCUT2D eigenvalue weighted by Crippen LogP contribution is -2.18. The van der Waals surface area contributed by atoms with Crippen LogP contribution in [-0.2, 0) is 0 Å². The minimum Gasteiger partial charge on any atom is -0.508 e. The standard InChI is InChI=1S/C20H14N2O3/c23-15-11-9-13(10-12-15)18-19(14-5-2-1-3-6-14)21-16-7-4-8-17(24)22(16)20(18)25/h1-12,23-24H. The molecule has 2 aromatic heterocycles. The van der Waals surface area contributed by atoms with Crippen molar-refractivity contribution in [2.24, 2.45) is 0 Å². The van der Waals surface area contributed by atoms with Crippen molar-refractivity contribution >= 4 is 5.65 Å². The minimum atomic E-state index is -0.368. The molecule has 0 aliphatic rings. The summed E-state index contributed by atoms with van der Waals surface area (Å²) in [5.74, 6) is -0.0589. The molecule has 0 fully saturated rings. The summed E-state index contributed by atoms with van der Waals surface area (Å²) in [6, 6.07) is 20.5. The Bertz CT molecular complexity index is 1120. The van der Waals surface area contributed by atoms with E-state index >= 15 is 0 Å². The first kappa shape index (κ1) is 15.0. The van der Waals surface area contributed by atoms with Gasteiger partial charge in [0.05, 0.1) is 11.3 Å². The summed E-state index contributed by atoms with van der Waals surface area (Å²) in [4.78, 5) is 17.7. The molecule has 0 radical (unpaired) electrons. The van der Waals surface area contributed by atoms with E-state index in [1.165, 1.54) is 22.6 Å². The Kier molecular flexibility index (Phi) is 3.47. The van der Waals surface area contributed by atoms with Gasteiger partial charge in [0.2, 0.25) is 0 Å². The minimum absolute atomic E-state index is 0.113. The van der Waals surface area contributed by atoms with E-state index in [0.29, 0.717) is 22.5 Å². The maximum atomic E-state index is 13.1. The van der Waals surface area contributed by atoms with Crippen LogP contribution in [-0.4, -0.2) is 19.6 Å². The van der Waals surface area contributed by atoms with E-state index in [1.807, 2.05) is 30.3 Å². The van der Waals surface area contributed by atoms with Crippen LogP contribution in [0.25, 0.3) is 28.0 Å². The van der Waals surface area contributed by atoms with Gasteiger partial charge in [-0.05, 0) is 29.8 Å². The number of hydrogen-bond acceptors (Lipinski definition) is 4. The number of pyridine rings is 1. The molecular weight excluding hydrogens is 316 g/mol. The van der Waals surface area contributed by atoms with Gasteiger partial charge >= 0.3 is 0 Å². The molecule has 4 rings (SSSR count). The monoisotopic (exact) mass is 330 g/mol. The van der Waals surface area contributed by atoms with Crippen molar-refractivity contribution in [3.63, 3.8) is 0 Å². The first-order valence-electron chi connectivity index (χ1n) is 7.75. The number of rotatable bonds is 2. The summed E-state index contributed by atoms with van der Waals surface area (Å²) in [5.41, 5.74) is 2.31. The molecule has 122 valence electrons. The number of hydrogen-bond donors (Lipinski definition) is 2. The number of phenols is 1. The highest BCUT2D eigenvalue weighted by Crippen LogP contribution is 2.29. The van der Waals surface area contributed by atoms with Crippen LogP contribution >= 0.6 is 0 Å². The summed E-state index contributed by atoms with van der Waals surface area (Å²) in [7, 11) is 0. The van der Waals surface area contributed by atoms with E-state index in [-0.39, 0.29) is 17.2 Å². The highest BCUT2D eigenvalue weighted by Gasteiger charge is 2.17. The van der Waals surface area contributed by atoms with Gasteiger partial charge in [0, 0.05) is 5.56 Å². The second-order valence-corrected chi connectivity index (χ2v) is 5.63. The van der Waals surface area contributed by atoms with Gasteiger partial charge in [-0.15, -0.1) is 0 Å². The van der Waals surface area contributed by atoms with Gasteiger partial charge < -0.3 is 10.2 Å². The number of nitrogens with zero attached hydrogens (tertiary/aromatic N) is 2. The highest BCUT2D eigenvalue weighted by atomic mass is 16.3. The number of aromatic hydroxyl groups is 2. The molecule has 25 heavy (non-hydrogen) atoms. The predicted octanol–water partition coefficient (Wildman–Crippen LogP) is 3.44. The van der Waals surface area contributed by atoms with E-state index < -0.39 is 0 Å². The fourth-order valence-corrected chi connectivity index (χ4v) is 2.86. The maximum Gasteiger partial charge on any atom is 0.269 e. The summed E-state index contributed by atoms with van der Waals surface area (Å²) < 4.78 is 1.18. The fourth-order valence-electron chi connectivity index (χ4n) is 2.86. The number of aromatic nitrogens is 2. The zero-order valence-electron chi connectivity index (χ0n) is 13.1. The SMILES string of the molecule is O=c1c(-c2ccc(O)cc2)c(-c2ccccc2)nc2cccc(O)n12. The largest absolute Gasteiger partial charge is 0.508 e. The number of fused-ring (bicyclic) bond motifs is 1. The number of phenolic OH excluding ortho intramolecular Hbond substituents is 1. The highest BCUT2D eigenvalue weighted by molar-refractivity contribution is 5.81. The van der Waals surface area contributed by atoms with E-state index in [0.717, 1.165) is 5.56 Å². The third kappa shape index (κ3) is 2.52. The van der Waals surface area contributed by atoms with Gasteiger partial charge in [-0.1, -0.05) is 48.5 Å². The molecule has 5 nitrogen and oxygen atoms in total. The third-order valence-electron chi connectivity index (χ3n) is 4.03. The van der Waals surface area contributed by atoms with Crippen LogP contribution in [0, 0.1) is 0 Å². The second-order valence-electron chi connectivity index (χ2n) is 5.63. The Labute approximate surface area is 143 Å². The molecular formula is C20H14N2O3. The van der Waals surface area contributed by atoms with Crippen molar-refractivity contribution in [2.75, 3.05) is 0 Å². The van der Waals surface area contributed by atoms with Crippen molar-refractivity contribution in [3.8, 4) is 34.0 Å². The summed E-state index contributed by atoms with van der Waals surface area (Å²) in [5, 5.41) is 19.6. The van der Waals surface area contributed by atoms with Gasteiger partial charge in [-0.25, -0.2) is 9.38 Å². The molecule has 0 unspecified atom stereocenters. The molecule has 0 amide bonds. The van der Waals surface area contributed by atoms with Gasteiger partial charge in [0.1, 0.15) is 11.4 Å². The zero-order valence-corrected chi connectivity index (χ0v) is 13.1. The van der Waals surface area contributed by atoms with E-state index in [1.54, 1.807) is 24.3 Å². The molecule has 0 atom stereocenters. The van der Waals surface area contributed by atoms with E-state index in [9.17, 15) is 15.0 Å². The molecule has 0 bridgehead atoms. The summed E-state index contributed by atoms with van der Waals surface area (Å²) in [6.45, 7) is 0. The van der Waals surface area contributed by atoms with Crippen LogP contribution in [0.5, 0.6) is 11.6 Å². The smallest absolute Gasteiger partial charge is 0.269 e.